The molecule has 0 aliphatic carbocycles. The molecule has 15 heavy (non-hydrogen) atoms. The van der Waals surface area contributed by atoms with E-state index in [1.54, 1.807) is 6.92 Å². The molecule has 0 amide bonds. The smallest absolute Gasteiger partial charge is 0.179 e. The first-order valence-electron chi connectivity index (χ1n) is 4.73. The van der Waals surface area contributed by atoms with Gasteiger partial charge in [0, 0.05) is 12.0 Å². The molecule has 1 aromatic rings. The van der Waals surface area contributed by atoms with Crippen LogP contribution in [0.2, 0.25) is 0 Å². The van der Waals surface area contributed by atoms with Gasteiger partial charge in [0.25, 0.3) is 0 Å². The number of benzene rings is 1. The van der Waals surface area contributed by atoms with Crippen molar-refractivity contribution in [3.05, 3.63) is 23.8 Å². The Kier molecular flexibility index (Phi) is 2.24. The van der Waals surface area contributed by atoms with Crippen molar-refractivity contribution in [3.8, 4) is 5.75 Å². The van der Waals surface area contributed by atoms with E-state index in [4.69, 9.17) is 5.73 Å². The Labute approximate surface area is 88.6 Å². The molecule has 1 aliphatic rings. The van der Waals surface area contributed by atoms with Crippen LogP contribution in [-0.4, -0.2) is 25.3 Å². The zero-order chi connectivity index (χ0) is 11.2. The molecule has 1 aromatic carbocycles. The number of hydrogen-bond acceptors (Lipinski definition) is 4. The number of aromatic hydroxyl groups is 1. The van der Waals surface area contributed by atoms with E-state index in [2.05, 4.69) is 0 Å². The SMILES string of the molecule is CC(N)C1CS(=O)(=O)c2ccc(O)cc21. The van der Waals surface area contributed by atoms with Gasteiger partial charge in [-0.3, -0.25) is 0 Å². The van der Waals surface area contributed by atoms with Crippen molar-refractivity contribution in [2.45, 2.75) is 23.8 Å². The molecule has 0 saturated heterocycles. The Hall–Kier alpha value is -1.07. The Morgan fingerprint density at radius 3 is 2.80 bits per heavy atom. The molecule has 0 saturated carbocycles. The molecule has 0 spiro atoms. The second-order valence-electron chi connectivity index (χ2n) is 3.97. The van der Waals surface area contributed by atoms with Crippen molar-refractivity contribution >= 4 is 9.84 Å². The fourth-order valence-corrected chi connectivity index (χ4v) is 3.94. The van der Waals surface area contributed by atoms with Crippen LogP contribution in [0.3, 0.4) is 0 Å². The molecule has 0 radical (unpaired) electrons. The van der Waals surface area contributed by atoms with Crippen LogP contribution >= 0.6 is 0 Å². The quantitative estimate of drug-likeness (QED) is 0.736. The highest BCUT2D eigenvalue weighted by Gasteiger charge is 2.36. The van der Waals surface area contributed by atoms with Crippen molar-refractivity contribution in [1.82, 2.24) is 0 Å². The van der Waals surface area contributed by atoms with E-state index in [1.807, 2.05) is 0 Å². The third-order valence-corrected chi connectivity index (χ3v) is 4.60. The molecule has 1 aliphatic heterocycles. The lowest BCUT2D eigenvalue weighted by Crippen LogP contribution is -2.25. The minimum atomic E-state index is -3.21. The highest BCUT2D eigenvalue weighted by Crippen LogP contribution is 2.38. The van der Waals surface area contributed by atoms with Crippen molar-refractivity contribution in [3.63, 3.8) is 0 Å². The van der Waals surface area contributed by atoms with Crippen LogP contribution in [0.25, 0.3) is 0 Å². The fourth-order valence-electron chi connectivity index (χ4n) is 1.96. The third kappa shape index (κ3) is 1.61. The molecule has 0 aromatic heterocycles. The summed E-state index contributed by atoms with van der Waals surface area (Å²) in [5.41, 5.74) is 6.38. The van der Waals surface area contributed by atoms with Gasteiger partial charge in [0.15, 0.2) is 9.84 Å². The predicted molar refractivity (Wildman–Crippen MR) is 56.6 cm³/mol. The van der Waals surface area contributed by atoms with Crippen LogP contribution < -0.4 is 5.73 Å². The number of nitrogens with two attached hydrogens (primary N) is 1. The number of fused-ring (bicyclic) bond motifs is 1. The van der Waals surface area contributed by atoms with Crippen molar-refractivity contribution in [2.75, 3.05) is 5.75 Å². The summed E-state index contributed by atoms with van der Waals surface area (Å²) < 4.78 is 23.5. The number of rotatable bonds is 1. The fraction of sp³-hybridized carbons (Fsp3) is 0.400. The van der Waals surface area contributed by atoms with Crippen molar-refractivity contribution in [1.29, 1.82) is 0 Å². The summed E-state index contributed by atoms with van der Waals surface area (Å²) in [7, 11) is -3.21. The molecule has 4 nitrogen and oxygen atoms in total. The van der Waals surface area contributed by atoms with E-state index >= 15 is 0 Å². The van der Waals surface area contributed by atoms with Crippen LogP contribution in [0.5, 0.6) is 5.75 Å². The predicted octanol–water partition coefficient (Wildman–Crippen LogP) is 0.610. The number of phenols is 1. The maximum atomic E-state index is 11.7. The number of hydrogen-bond donors (Lipinski definition) is 2. The summed E-state index contributed by atoms with van der Waals surface area (Å²) in [6.45, 7) is 1.78. The summed E-state index contributed by atoms with van der Waals surface area (Å²) in [5.74, 6) is -0.0858. The van der Waals surface area contributed by atoms with Gasteiger partial charge in [-0.05, 0) is 30.7 Å². The van der Waals surface area contributed by atoms with Gasteiger partial charge in [0.05, 0.1) is 10.6 Å². The Bertz CT molecular complexity index is 493. The summed E-state index contributed by atoms with van der Waals surface area (Å²) in [6, 6.07) is 4.10. The van der Waals surface area contributed by atoms with E-state index in [0.717, 1.165) is 0 Å². The summed E-state index contributed by atoms with van der Waals surface area (Å²) >= 11 is 0. The molecular formula is C10H13NO3S. The lowest BCUT2D eigenvalue weighted by Gasteiger charge is -2.13. The second kappa shape index (κ2) is 3.21. The zero-order valence-corrected chi connectivity index (χ0v) is 9.16. The molecular weight excluding hydrogens is 214 g/mol. The molecule has 2 unspecified atom stereocenters. The van der Waals surface area contributed by atoms with E-state index in [-0.39, 0.29) is 23.5 Å². The molecule has 3 N–H and O–H groups in total. The first-order valence-corrected chi connectivity index (χ1v) is 6.38. The van der Waals surface area contributed by atoms with E-state index < -0.39 is 9.84 Å². The standard InChI is InChI=1S/C10H13NO3S/c1-6(11)9-5-15(13,14)10-3-2-7(12)4-8(9)10/h2-4,6,9,12H,5,11H2,1H3. The monoisotopic (exact) mass is 227 g/mol. The molecule has 0 fully saturated rings. The largest absolute Gasteiger partial charge is 0.508 e. The first-order chi connectivity index (χ1) is 6.92. The maximum absolute atomic E-state index is 11.7. The topological polar surface area (TPSA) is 80.4 Å². The third-order valence-electron chi connectivity index (χ3n) is 2.76. The minimum Gasteiger partial charge on any atom is -0.508 e. The number of phenolic OH excluding ortho intramolecular Hbond substituents is 1. The van der Waals surface area contributed by atoms with Crippen LogP contribution in [-0.2, 0) is 9.84 Å². The van der Waals surface area contributed by atoms with E-state index in [0.29, 0.717) is 10.5 Å². The van der Waals surface area contributed by atoms with Gasteiger partial charge in [-0.1, -0.05) is 0 Å². The molecule has 2 rings (SSSR count). The second-order valence-corrected chi connectivity index (χ2v) is 5.97. The maximum Gasteiger partial charge on any atom is 0.179 e. The summed E-state index contributed by atoms with van der Waals surface area (Å²) in [5, 5.41) is 9.33. The average Bonchev–Trinajstić information content (AvgIpc) is 2.38. The normalized spacial score (nSPS) is 24.8. The van der Waals surface area contributed by atoms with Gasteiger partial charge in [0.1, 0.15) is 5.75 Å². The summed E-state index contributed by atoms with van der Waals surface area (Å²) in [6.07, 6.45) is 0. The number of sulfone groups is 1. The van der Waals surface area contributed by atoms with Crippen molar-refractivity contribution < 1.29 is 13.5 Å². The van der Waals surface area contributed by atoms with E-state index in [1.165, 1.54) is 18.2 Å². The lowest BCUT2D eigenvalue weighted by molar-refractivity contribution is 0.472. The molecule has 82 valence electrons. The Morgan fingerprint density at radius 2 is 2.20 bits per heavy atom. The van der Waals surface area contributed by atoms with Crippen molar-refractivity contribution in [2.24, 2.45) is 5.73 Å². The Morgan fingerprint density at radius 1 is 1.53 bits per heavy atom. The molecule has 0 bridgehead atoms. The Balaban J connectivity index is 2.64. The minimum absolute atomic E-state index is 0.0451. The van der Waals surface area contributed by atoms with Crippen LogP contribution in [0, 0.1) is 0 Å². The van der Waals surface area contributed by atoms with E-state index in [9.17, 15) is 13.5 Å². The first kappa shape index (κ1) is 10.4. The molecule has 1 heterocycles. The van der Waals surface area contributed by atoms with Gasteiger partial charge < -0.3 is 10.8 Å². The highest BCUT2D eigenvalue weighted by molar-refractivity contribution is 7.91. The van der Waals surface area contributed by atoms with Gasteiger partial charge in [-0.2, -0.15) is 0 Å². The van der Waals surface area contributed by atoms with Gasteiger partial charge in [0.2, 0.25) is 0 Å². The van der Waals surface area contributed by atoms with Gasteiger partial charge >= 0.3 is 0 Å². The van der Waals surface area contributed by atoms with Crippen LogP contribution in [0.4, 0.5) is 0 Å². The van der Waals surface area contributed by atoms with Gasteiger partial charge in [-0.25, -0.2) is 8.42 Å². The van der Waals surface area contributed by atoms with Crippen LogP contribution in [0.1, 0.15) is 18.4 Å². The van der Waals surface area contributed by atoms with Crippen LogP contribution in [0.15, 0.2) is 23.1 Å². The molecule has 2 atom stereocenters. The average molecular weight is 227 g/mol. The van der Waals surface area contributed by atoms with Gasteiger partial charge in [-0.15, -0.1) is 0 Å². The zero-order valence-electron chi connectivity index (χ0n) is 8.34. The molecule has 5 heteroatoms. The summed E-state index contributed by atoms with van der Waals surface area (Å²) in [4.78, 5) is 0.308. The lowest BCUT2D eigenvalue weighted by atomic mass is 9.95. The highest BCUT2D eigenvalue weighted by atomic mass is 32.2.